The normalized spacial score (nSPS) is 27.2. The quantitative estimate of drug-likeness (QED) is 0.933. The van der Waals surface area contributed by atoms with E-state index in [-0.39, 0.29) is 12.5 Å². The molecule has 0 spiro atoms. The molecule has 5 nitrogen and oxygen atoms in total. The second-order valence-corrected chi connectivity index (χ2v) is 6.88. The van der Waals surface area contributed by atoms with Crippen LogP contribution in [0.3, 0.4) is 0 Å². The zero-order chi connectivity index (χ0) is 16.9. The van der Waals surface area contributed by atoms with E-state index in [9.17, 15) is 18.7 Å². The standard InChI is InChI=1S/C17H19F2N3O2/c18-16(19)22-13-6-2-1-5-12(13)20-14(22)9-21-8-11-4-3-7-17(11,10-21)15(23)24/h1-2,5-6,11,16H,3-4,7-10H2,(H,23,24)/t11-,17+/m0/s1. The van der Waals surface area contributed by atoms with Crippen LogP contribution in [0.5, 0.6) is 0 Å². The van der Waals surface area contributed by atoms with Crippen LogP contribution in [0.25, 0.3) is 11.0 Å². The second kappa shape index (κ2) is 5.51. The predicted octanol–water partition coefficient (Wildman–Crippen LogP) is 3.12. The van der Waals surface area contributed by atoms with E-state index in [1.165, 1.54) is 0 Å². The van der Waals surface area contributed by atoms with Gasteiger partial charge in [-0.25, -0.2) is 4.98 Å². The number of aromatic nitrogens is 2. The Kier molecular flexibility index (Phi) is 3.56. The maximum atomic E-state index is 13.5. The van der Waals surface area contributed by atoms with Crippen LogP contribution in [0.4, 0.5) is 8.78 Å². The van der Waals surface area contributed by atoms with Gasteiger partial charge in [0.25, 0.3) is 0 Å². The average Bonchev–Trinajstić information content (AvgIpc) is 3.16. The second-order valence-electron chi connectivity index (χ2n) is 6.88. The first kappa shape index (κ1) is 15.5. The number of imidazole rings is 1. The van der Waals surface area contributed by atoms with E-state index in [4.69, 9.17) is 0 Å². The van der Waals surface area contributed by atoms with Gasteiger partial charge in [0.1, 0.15) is 5.82 Å². The summed E-state index contributed by atoms with van der Waals surface area (Å²) in [5, 5.41) is 9.65. The number of hydrogen-bond acceptors (Lipinski definition) is 3. The molecule has 1 aromatic heterocycles. The summed E-state index contributed by atoms with van der Waals surface area (Å²) in [6, 6.07) is 6.84. The summed E-state index contributed by atoms with van der Waals surface area (Å²) in [5.41, 5.74) is 0.247. The average molecular weight is 335 g/mol. The highest BCUT2D eigenvalue weighted by atomic mass is 19.3. The number of benzene rings is 1. The first-order valence-corrected chi connectivity index (χ1v) is 8.21. The van der Waals surface area contributed by atoms with Crippen molar-refractivity contribution in [1.29, 1.82) is 0 Å². The van der Waals surface area contributed by atoms with Crippen molar-refractivity contribution in [2.45, 2.75) is 32.4 Å². The van der Waals surface area contributed by atoms with Gasteiger partial charge in [0, 0.05) is 13.1 Å². The molecule has 2 heterocycles. The van der Waals surface area contributed by atoms with Gasteiger partial charge in [-0.15, -0.1) is 0 Å². The molecule has 128 valence electrons. The lowest BCUT2D eigenvalue weighted by atomic mass is 9.81. The Labute approximate surface area is 137 Å². The molecular weight excluding hydrogens is 316 g/mol. The van der Waals surface area contributed by atoms with Crippen LogP contribution in [0.2, 0.25) is 0 Å². The van der Waals surface area contributed by atoms with Gasteiger partial charge in [0.05, 0.1) is 23.0 Å². The summed E-state index contributed by atoms with van der Waals surface area (Å²) < 4.78 is 28.0. The number of hydrogen-bond donors (Lipinski definition) is 1. The van der Waals surface area contributed by atoms with Crippen LogP contribution in [0.1, 0.15) is 31.6 Å². The molecule has 2 aromatic rings. The number of rotatable bonds is 4. The van der Waals surface area contributed by atoms with E-state index < -0.39 is 17.9 Å². The molecule has 1 aliphatic carbocycles. The fourth-order valence-corrected chi connectivity index (χ4v) is 4.49. The SMILES string of the molecule is O=C(O)[C@@]12CCC[C@H]1CN(Cc1nc3ccccc3n1C(F)F)C2. The summed E-state index contributed by atoms with van der Waals surface area (Å²) in [4.78, 5) is 18.1. The van der Waals surface area contributed by atoms with E-state index in [0.717, 1.165) is 17.4 Å². The molecule has 2 fully saturated rings. The molecule has 1 saturated heterocycles. The smallest absolute Gasteiger partial charge is 0.320 e. The van der Waals surface area contributed by atoms with E-state index in [0.29, 0.717) is 36.4 Å². The fourth-order valence-electron chi connectivity index (χ4n) is 4.49. The van der Waals surface area contributed by atoms with Crippen LogP contribution in [0, 0.1) is 11.3 Å². The molecule has 2 aliphatic rings. The van der Waals surface area contributed by atoms with Gasteiger partial charge in [-0.3, -0.25) is 14.3 Å². The largest absolute Gasteiger partial charge is 0.481 e. The Morgan fingerprint density at radius 2 is 2.21 bits per heavy atom. The number of fused-ring (bicyclic) bond motifs is 2. The Bertz CT molecular complexity index is 791. The van der Waals surface area contributed by atoms with Gasteiger partial charge < -0.3 is 5.11 Å². The van der Waals surface area contributed by atoms with Crippen LogP contribution in [0.15, 0.2) is 24.3 Å². The van der Waals surface area contributed by atoms with Crippen LogP contribution >= 0.6 is 0 Å². The number of alkyl halides is 2. The first-order valence-electron chi connectivity index (χ1n) is 8.21. The van der Waals surface area contributed by atoms with Crippen molar-refractivity contribution < 1.29 is 18.7 Å². The minimum Gasteiger partial charge on any atom is -0.481 e. The third-order valence-electron chi connectivity index (χ3n) is 5.60. The van der Waals surface area contributed by atoms with Crippen LogP contribution in [-0.2, 0) is 11.3 Å². The number of para-hydroxylation sites is 2. The molecule has 0 radical (unpaired) electrons. The monoisotopic (exact) mass is 335 g/mol. The van der Waals surface area contributed by atoms with Gasteiger partial charge in [-0.1, -0.05) is 18.6 Å². The summed E-state index contributed by atoms with van der Waals surface area (Å²) in [6.07, 6.45) is 2.50. The Morgan fingerprint density at radius 1 is 1.42 bits per heavy atom. The van der Waals surface area contributed by atoms with Gasteiger partial charge in [0.2, 0.25) is 0 Å². The van der Waals surface area contributed by atoms with Crippen molar-refractivity contribution in [3.63, 3.8) is 0 Å². The molecule has 4 rings (SSSR count). The summed E-state index contributed by atoms with van der Waals surface area (Å²) in [5.74, 6) is -0.346. The third kappa shape index (κ3) is 2.22. The van der Waals surface area contributed by atoms with Crippen molar-refractivity contribution in [2.75, 3.05) is 13.1 Å². The molecule has 2 atom stereocenters. The van der Waals surface area contributed by atoms with E-state index >= 15 is 0 Å². The van der Waals surface area contributed by atoms with Crippen molar-refractivity contribution in [3.05, 3.63) is 30.1 Å². The predicted molar refractivity (Wildman–Crippen MR) is 83.7 cm³/mol. The lowest BCUT2D eigenvalue weighted by Gasteiger charge is -2.23. The van der Waals surface area contributed by atoms with Gasteiger partial charge in [0.15, 0.2) is 0 Å². The lowest BCUT2D eigenvalue weighted by Crippen LogP contribution is -2.35. The number of likely N-dealkylation sites (tertiary alicyclic amines) is 1. The van der Waals surface area contributed by atoms with E-state index in [1.807, 2.05) is 4.90 Å². The molecular formula is C17H19F2N3O2. The zero-order valence-corrected chi connectivity index (χ0v) is 13.2. The Hall–Kier alpha value is -2.02. The number of aliphatic carboxylic acids is 1. The van der Waals surface area contributed by atoms with Crippen molar-refractivity contribution in [2.24, 2.45) is 11.3 Å². The van der Waals surface area contributed by atoms with Crippen LogP contribution < -0.4 is 0 Å². The molecule has 1 N–H and O–H groups in total. The Morgan fingerprint density at radius 3 is 2.92 bits per heavy atom. The lowest BCUT2D eigenvalue weighted by molar-refractivity contribution is -0.149. The third-order valence-corrected chi connectivity index (χ3v) is 5.60. The van der Waals surface area contributed by atoms with Gasteiger partial charge in [-0.05, 0) is 30.9 Å². The molecule has 0 unspecified atom stereocenters. The number of carbonyl (C=O) groups is 1. The number of carboxylic acids is 1. The van der Waals surface area contributed by atoms with E-state index in [1.54, 1.807) is 24.3 Å². The van der Waals surface area contributed by atoms with Crippen LogP contribution in [-0.4, -0.2) is 38.6 Å². The molecule has 1 aliphatic heterocycles. The molecule has 0 bridgehead atoms. The van der Waals surface area contributed by atoms with Crippen molar-refractivity contribution >= 4 is 17.0 Å². The maximum Gasteiger partial charge on any atom is 0.320 e. The summed E-state index contributed by atoms with van der Waals surface area (Å²) >= 11 is 0. The van der Waals surface area contributed by atoms with Crippen molar-refractivity contribution in [3.8, 4) is 0 Å². The molecule has 1 aromatic carbocycles. The molecule has 24 heavy (non-hydrogen) atoms. The minimum atomic E-state index is -2.66. The van der Waals surface area contributed by atoms with Crippen molar-refractivity contribution in [1.82, 2.24) is 14.5 Å². The topological polar surface area (TPSA) is 58.4 Å². The molecule has 1 saturated carbocycles. The molecule has 7 heteroatoms. The fraction of sp³-hybridized carbons (Fsp3) is 0.529. The highest BCUT2D eigenvalue weighted by Crippen LogP contribution is 2.49. The van der Waals surface area contributed by atoms with Gasteiger partial charge in [-0.2, -0.15) is 8.78 Å². The highest BCUT2D eigenvalue weighted by Gasteiger charge is 2.54. The van der Waals surface area contributed by atoms with Gasteiger partial charge >= 0.3 is 12.5 Å². The number of carboxylic acid groups (broad SMARTS) is 1. The number of halogens is 2. The molecule has 0 amide bonds. The summed E-state index contributed by atoms with van der Waals surface area (Å²) in [7, 11) is 0. The zero-order valence-electron chi connectivity index (χ0n) is 13.2. The maximum absolute atomic E-state index is 13.5. The minimum absolute atomic E-state index is 0.111. The highest BCUT2D eigenvalue weighted by molar-refractivity contribution is 5.77. The number of nitrogens with zero attached hydrogens (tertiary/aromatic N) is 3. The summed E-state index contributed by atoms with van der Waals surface area (Å²) in [6.45, 7) is -1.36. The Balaban J connectivity index is 1.64. The first-order chi connectivity index (χ1) is 11.5. The van der Waals surface area contributed by atoms with E-state index in [2.05, 4.69) is 4.98 Å².